The molecule has 0 amide bonds. The molecular weight excluding hydrogens is 164 g/mol. The summed E-state index contributed by atoms with van der Waals surface area (Å²) < 4.78 is 10.4. The van der Waals surface area contributed by atoms with Gasteiger partial charge in [-0.2, -0.15) is 0 Å². The molecule has 0 N–H and O–H groups in total. The molecule has 0 aliphatic heterocycles. The van der Waals surface area contributed by atoms with Gasteiger partial charge in [-0.3, -0.25) is 0 Å². The first-order chi connectivity index (χ1) is 6.21. The fourth-order valence-corrected chi connectivity index (χ4v) is 1.23. The standard InChI is InChI=1S/C11H20O2/c1-6-8-10(9(3)7-2)11(12-4)13-5/h6,11H,1,7-8H2,2-5H3. The van der Waals surface area contributed by atoms with Crippen molar-refractivity contribution in [1.29, 1.82) is 0 Å². The van der Waals surface area contributed by atoms with E-state index in [9.17, 15) is 0 Å². The molecule has 0 radical (unpaired) electrons. The molecule has 0 spiro atoms. The Kier molecular flexibility index (Phi) is 6.55. The van der Waals surface area contributed by atoms with E-state index in [0.29, 0.717) is 0 Å². The average molecular weight is 184 g/mol. The van der Waals surface area contributed by atoms with Crippen LogP contribution in [0.5, 0.6) is 0 Å². The zero-order valence-electron chi connectivity index (χ0n) is 9.09. The summed E-state index contributed by atoms with van der Waals surface area (Å²) in [4.78, 5) is 0. The number of methoxy groups -OCH3 is 2. The van der Waals surface area contributed by atoms with Crippen LogP contribution in [0.4, 0.5) is 0 Å². The highest BCUT2D eigenvalue weighted by atomic mass is 16.7. The first-order valence-corrected chi connectivity index (χ1v) is 4.56. The van der Waals surface area contributed by atoms with Crippen LogP contribution in [-0.2, 0) is 9.47 Å². The molecule has 0 heterocycles. The smallest absolute Gasteiger partial charge is 0.179 e. The summed E-state index contributed by atoms with van der Waals surface area (Å²) in [6.07, 6.45) is 3.50. The second kappa shape index (κ2) is 6.87. The minimum atomic E-state index is -0.224. The van der Waals surface area contributed by atoms with Gasteiger partial charge in [0.05, 0.1) is 0 Å². The summed E-state index contributed by atoms with van der Waals surface area (Å²) in [5.74, 6) is 0. The molecule has 0 saturated carbocycles. The van der Waals surface area contributed by atoms with E-state index < -0.39 is 0 Å². The lowest BCUT2D eigenvalue weighted by molar-refractivity contribution is -0.0765. The number of allylic oxidation sites excluding steroid dienone is 2. The summed E-state index contributed by atoms with van der Waals surface area (Å²) in [6, 6.07) is 0. The predicted octanol–water partition coefficient (Wildman–Crippen LogP) is 2.91. The van der Waals surface area contributed by atoms with Crippen molar-refractivity contribution in [2.75, 3.05) is 14.2 Å². The maximum atomic E-state index is 5.21. The molecule has 0 rings (SSSR count). The first-order valence-electron chi connectivity index (χ1n) is 4.56. The maximum Gasteiger partial charge on any atom is 0.179 e. The molecule has 0 aromatic carbocycles. The highest BCUT2D eigenvalue weighted by Gasteiger charge is 2.12. The van der Waals surface area contributed by atoms with Gasteiger partial charge in [0.1, 0.15) is 0 Å². The summed E-state index contributed by atoms with van der Waals surface area (Å²) in [5, 5.41) is 0. The van der Waals surface area contributed by atoms with E-state index in [1.165, 1.54) is 11.1 Å². The highest BCUT2D eigenvalue weighted by Crippen LogP contribution is 2.18. The van der Waals surface area contributed by atoms with E-state index in [1.54, 1.807) is 14.2 Å². The van der Waals surface area contributed by atoms with Crippen LogP contribution in [0.3, 0.4) is 0 Å². The van der Waals surface area contributed by atoms with Crippen molar-refractivity contribution >= 4 is 0 Å². The molecule has 0 saturated heterocycles. The third-order valence-electron chi connectivity index (χ3n) is 2.16. The number of hydrogen-bond donors (Lipinski definition) is 0. The Bertz CT molecular complexity index is 179. The van der Waals surface area contributed by atoms with E-state index >= 15 is 0 Å². The second-order valence-corrected chi connectivity index (χ2v) is 2.96. The minimum Gasteiger partial charge on any atom is -0.352 e. The quantitative estimate of drug-likeness (QED) is 0.467. The molecule has 0 unspecified atom stereocenters. The van der Waals surface area contributed by atoms with Crippen LogP contribution < -0.4 is 0 Å². The highest BCUT2D eigenvalue weighted by molar-refractivity contribution is 5.17. The Hall–Kier alpha value is -0.600. The topological polar surface area (TPSA) is 18.5 Å². The van der Waals surface area contributed by atoms with Crippen molar-refractivity contribution in [3.05, 3.63) is 23.8 Å². The van der Waals surface area contributed by atoms with Crippen LogP contribution >= 0.6 is 0 Å². The van der Waals surface area contributed by atoms with Crippen molar-refractivity contribution in [1.82, 2.24) is 0 Å². The molecule has 0 fully saturated rings. The molecule has 0 aliphatic carbocycles. The maximum absolute atomic E-state index is 5.21. The van der Waals surface area contributed by atoms with Crippen LogP contribution in [0.1, 0.15) is 26.7 Å². The van der Waals surface area contributed by atoms with Crippen molar-refractivity contribution in [2.24, 2.45) is 0 Å². The molecule has 2 heteroatoms. The SMILES string of the molecule is C=CCC(=C(C)CC)C(OC)OC. The molecule has 0 aromatic heterocycles. The fraction of sp³-hybridized carbons (Fsp3) is 0.636. The summed E-state index contributed by atoms with van der Waals surface area (Å²) in [7, 11) is 3.31. The van der Waals surface area contributed by atoms with E-state index in [-0.39, 0.29) is 6.29 Å². The molecule has 13 heavy (non-hydrogen) atoms. The van der Waals surface area contributed by atoms with E-state index in [1.807, 2.05) is 6.08 Å². The number of hydrogen-bond acceptors (Lipinski definition) is 2. The third-order valence-corrected chi connectivity index (χ3v) is 2.16. The lowest BCUT2D eigenvalue weighted by Crippen LogP contribution is -2.17. The van der Waals surface area contributed by atoms with E-state index in [2.05, 4.69) is 20.4 Å². The lowest BCUT2D eigenvalue weighted by atomic mass is 10.0. The van der Waals surface area contributed by atoms with Crippen LogP contribution in [0.2, 0.25) is 0 Å². The summed E-state index contributed by atoms with van der Waals surface area (Å²) >= 11 is 0. The van der Waals surface area contributed by atoms with Crippen LogP contribution in [0.25, 0.3) is 0 Å². The zero-order chi connectivity index (χ0) is 10.3. The number of rotatable bonds is 6. The normalized spacial score (nSPS) is 13.0. The molecule has 0 aromatic rings. The van der Waals surface area contributed by atoms with Crippen molar-refractivity contribution in [2.45, 2.75) is 33.0 Å². The van der Waals surface area contributed by atoms with Gasteiger partial charge in [0.2, 0.25) is 0 Å². The monoisotopic (exact) mass is 184 g/mol. The van der Waals surface area contributed by atoms with Gasteiger partial charge in [-0.1, -0.05) is 18.6 Å². The Morgan fingerprint density at radius 3 is 2.23 bits per heavy atom. The predicted molar refractivity (Wildman–Crippen MR) is 55.6 cm³/mol. The largest absolute Gasteiger partial charge is 0.352 e. The Morgan fingerprint density at radius 1 is 1.38 bits per heavy atom. The van der Waals surface area contributed by atoms with E-state index in [0.717, 1.165) is 12.8 Å². The van der Waals surface area contributed by atoms with Gasteiger partial charge in [0, 0.05) is 14.2 Å². The lowest BCUT2D eigenvalue weighted by Gasteiger charge is -2.18. The van der Waals surface area contributed by atoms with Crippen molar-refractivity contribution in [3.63, 3.8) is 0 Å². The molecule has 76 valence electrons. The van der Waals surface area contributed by atoms with Crippen LogP contribution in [0, 0.1) is 0 Å². The Labute approximate surface area is 81.2 Å². The van der Waals surface area contributed by atoms with Gasteiger partial charge in [0.25, 0.3) is 0 Å². The molecule has 0 aliphatic rings. The fourth-order valence-electron chi connectivity index (χ4n) is 1.23. The van der Waals surface area contributed by atoms with Crippen LogP contribution in [0.15, 0.2) is 23.8 Å². The molecule has 2 nitrogen and oxygen atoms in total. The van der Waals surface area contributed by atoms with Crippen LogP contribution in [-0.4, -0.2) is 20.5 Å². The summed E-state index contributed by atoms with van der Waals surface area (Å²) in [6.45, 7) is 7.95. The minimum absolute atomic E-state index is 0.224. The van der Waals surface area contributed by atoms with Gasteiger partial charge >= 0.3 is 0 Å². The molecule has 0 bridgehead atoms. The van der Waals surface area contributed by atoms with Crippen molar-refractivity contribution < 1.29 is 9.47 Å². The second-order valence-electron chi connectivity index (χ2n) is 2.96. The first kappa shape index (κ1) is 12.4. The Morgan fingerprint density at radius 2 is 1.92 bits per heavy atom. The van der Waals surface area contributed by atoms with Gasteiger partial charge in [-0.25, -0.2) is 0 Å². The van der Waals surface area contributed by atoms with Gasteiger partial charge in [0.15, 0.2) is 6.29 Å². The molecule has 0 atom stereocenters. The zero-order valence-corrected chi connectivity index (χ0v) is 9.09. The Balaban J connectivity index is 4.65. The van der Waals surface area contributed by atoms with Gasteiger partial charge in [-0.15, -0.1) is 6.58 Å². The molecular formula is C11H20O2. The van der Waals surface area contributed by atoms with Gasteiger partial charge in [-0.05, 0) is 25.3 Å². The average Bonchev–Trinajstić information content (AvgIpc) is 2.17. The van der Waals surface area contributed by atoms with E-state index in [4.69, 9.17) is 9.47 Å². The number of ether oxygens (including phenoxy) is 2. The third kappa shape index (κ3) is 3.75. The van der Waals surface area contributed by atoms with Crippen molar-refractivity contribution in [3.8, 4) is 0 Å². The van der Waals surface area contributed by atoms with Gasteiger partial charge < -0.3 is 9.47 Å². The summed E-state index contributed by atoms with van der Waals surface area (Å²) in [5.41, 5.74) is 2.50.